The SMILES string of the molecule is O=C(Oc1ccccc1)C1CCCN1S(=O)(=O)c1ccc(Cl)c(Cl)c1. The van der Waals surface area contributed by atoms with E-state index in [0.717, 1.165) is 4.31 Å². The number of esters is 1. The molecule has 0 radical (unpaired) electrons. The van der Waals surface area contributed by atoms with Gasteiger partial charge in [-0.2, -0.15) is 4.31 Å². The number of para-hydroxylation sites is 1. The summed E-state index contributed by atoms with van der Waals surface area (Å²) in [6.45, 7) is 0.247. The minimum Gasteiger partial charge on any atom is -0.425 e. The molecule has 0 saturated carbocycles. The number of rotatable bonds is 4. The zero-order valence-corrected chi connectivity index (χ0v) is 15.4. The first-order chi connectivity index (χ1) is 11.9. The molecule has 2 aromatic carbocycles. The third-order valence-corrected chi connectivity index (χ3v) is 6.58. The summed E-state index contributed by atoms with van der Waals surface area (Å²) in [5, 5.41) is 0.410. The highest BCUT2D eigenvalue weighted by Crippen LogP contribution is 2.31. The van der Waals surface area contributed by atoms with E-state index in [4.69, 9.17) is 27.9 Å². The quantitative estimate of drug-likeness (QED) is 0.579. The topological polar surface area (TPSA) is 63.7 Å². The van der Waals surface area contributed by atoms with Crippen LogP contribution in [0.3, 0.4) is 0 Å². The standard InChI is InChI=1S/C17H15Cl2NO4S/c18-14-9-8-13(11-15(14)19)25(22,23)20-10-4-7-16(20)17(21)24-12-5-2-1-3-6-12/h1-3,5-6,8-9,11,16H,4,7,10H2. The monoisotopic (exact) mass is 399 g/mol. The molecule has 1 unspecified atom stereocenters. The fourth-order valence-corrected chi connectivity index (χ4v) is 4.75. The fraction of sp³-hybridized carbons (Fsp3) is 0.235. The lowest BCUT2D eigenvalue weighted by atomic mass is 10.2. The van der Waals surface area contributed by atoms with E-state index >= 15 is 0 Å². The van der Waals surface area contributed by atoms with Crippen molar-refractivity contribution in [1.29, 1.82) is 0 Å². The van der Waals surface area contributed by atoms with Crippen molar-refractivity contribution in [2.75, 3.05) is 6.54 Å². The van der Waals surface area contributed by atoms with Crippen LogP contribution in [0.2, 0.25) is 10.0 Å². The summed E-state index contributed by atoms with van der Waals surface area (Å²) < 4.78 is 32.2. The summed E-state index contributed by atoms with van der Waals surface area (Å²) in [6, 6.07) is 11.8. The van der Waals surface area contributed by atoms with Crippen LogP contribution < -0.4 is 4.74 Å². The summed E-state index contributed by atoms with van der Waals surface area (Å²) in [4.78, 5) is 12.4. The Labute approximate surface area is 156 Å². The first-order valence-corrected chi connectivity index (χ1v) is 9.83. The highest BCUT2D eigenvalue weighted by Gasteiger charge is 2.40. The molecule has 0 spiro atoms. The van der Waals surface area contributed by atoms with Crippen molar-refractivity contribution in [1.82, 2.24) is 4.31 Å². The number of halogens is 2. The van der Waals surface area contributed by atoms with E-state index < -0.39 is 22.0 Å². The third kappa shape index (κ3) is 3.82. The summed E-state index contributed by atoms with van der Waals surface area (Å²) in [7, 11) is -3.88. The van der Waals surface area contributed by atoms with Gasteiger partial charge >= 0.3 is 5.97 Å². The zero-order chi connectivity index (χ0) is 18.0. The molecular formula is C17H15Cl2NO4S. The molecule has 1 heterocycles. The lowest BCUT2D eigenvalue weighted by molar-refractivity contribution is -0.137. The van der Waals surface area contributed by atoms with E-state index in [-0.39, 0.29) is 21.5 Å². The van der Waals surface area contributed by atoms with Gasteiger partial charge in [-0.25, -0.2) is 13.2 Å². The Morgan fingerprint density at radius 3 is 2.48 bits per heavy atom. The van der Waals surface area contributed by atoms with Gasteiger partial charge in [0.25, 0.3) is 0 Å². The first kappa shape index (κ1) is 18.2. The van der Waals surface area contributed by atoms with Gasteiger partial charge in [0, 0.05) is 6.54 Å². The number of hydrogen-bond donors (Lipinski definition) is 0. The van der Waals surface area contributed by atoms with Crippen LogP contribution in [-0.2, 0) is 14.8 Å². The summed E-state index contributed by atoms with van der Waals surface area (Å²) >= 11 is 11.8. The molecule has 0 aromatic heterocycles. The molecule has 5 nitrogen and oxygen atoms in total. The molecule has 1 aliphatic rings. The van der Waals surface area contributed by atoms with Crippen LogP contribution in [0, 0.1) is 0 Å². The van der Waals surface area contributed by atoms with Crippen molar-refractivity contribution in [2.24, 2.45) is 0 Å². The zero-order valence-electron chi connectivity index (χ0n) is 13.1. The van der Waals surface area contributed by atoms with Gasteiger partial charge in [-0.1, -0.05) is 41.4 Å². The second-order valence-electron chi connectivity index (χ2n) is 5.58. The van der Waals surface area contributed by atoms with Gasteiger partial charge in [0.1, 0.15) is 11.8 Å². The second-order valence-corrected chi connectivity index (χ2v) is 8.29. The number of benzene rings is 2. The van der Waals surface area contributed by atoms with Crippen LogP contribution in [-0.4, -0.2) is 31.3 Å². The van der Waals surface area contributed by atoms with Crippen molar-refractivity contribution in [3.05, 3.63) is 58.6 Å². The van der Waals surface area contributed by atoms with Crippen LogP contribution in [0.25, 0.3) is 0 Å². The van der Waals surface area contributed by atoms with Gasteiger partial charge < -0.3 is 4.74 Å². The number of carbonyl (C=O) groups is 1. The summed E-state index contributed by atoms with van der Waals surface area (Å²) in [5.41, 5.74) is 0. The Morgan fingerprint density at radius 2 is 1.80 bits per heavy atom. The third-order valence-electron chi connectivity index (χ3n) is 3.94. The van der Waals surface area contributed by atoms with Crippen molar-refractivity contribution < 1.29 is 17.9 Å². The number of hydrogen-bond acceptors (Lipinski definition) is 4. The lowest BCUT2D eigenvalue weighted by Gasteiger charge is -2.22. The predicted octanol–water partition coefficient (Wildman–Crippen LogP) is 3.75. The number of ether oxygens (including phenoxy) is 1. The average Bonchev–Trinajstić information content (AvgIpc) is 3.09. The average molecular weight is 400 g/mol. The Bertz CT molecular complexity index is 887. The molecule has 2 aromatic rings. The molecule has 8 heteroatoms. The Kier molecular flexibility index (Phi) is 5.34. The molecule has 132 valence electrons. The van der Waals surface area contributed by atoms with E-state index in [2.05, 4.69) is 0 Å². The molecule has 0 bridgehead atoms. The fourth-order valence-electron chi connectivity index (χ4n) is 2.71. The van der Waals surface area contributed by atoms with Gasteiger partial charge in [0.15, 0.2) is 0 Å². The number of carbonyl (C=O) groups excluding carboxylic acids is 1. The molecule has 1 atom stereocenters. The Hall–Kier alpha value is -1.60. The molecule has 0 aliphatic carbocycles. The smallest absolute Gasteiger partial charge is 0.329 e. The minimum atomic E-state index is -3.88. The van der Waals surface area contributed by atoms with E-state index in [0.29, 0.717) is 18.6 Å². The molecule has 3 rings (SSSR count). The molecule has 0 N–H and O–H groups in total. The molecule has 1 fully saturated rings. The van der Waals surface area contributed by atoms with Crippen molar-refractivity contribution >= 4 is 39.2 Å². The number of sulfonamides is 1. The van der Waals surface area contributed by atoms with E-state index in [1.165, 1.54) is 18.2 Å². The maximum absolute atomic E-state index is 12.9. The molecule has 25 heavy (non-hydrogen) atoms. The van der Waals surface area contributed by atoms with Gasteiger partial charge in [-0.15, -0.1) is 0 Å². The maximum Gasteiger partial charge on any atom is 0.329 e. The van der Waals surface area contributed by atoms with Gasteiger partial charge in [0.2, 0.25) is 10.0 Å². The normalized spacial score (nSPS) is 18.2. The molecular weight excluding hydrogens is 385 g/mol. The molecule has 1 aliphatic heterocycles. The van der Waals surface area contributed by atoms with Crippen LogP contribution in [0.1, 0.15) is 12.8 Å². The first-order valence-electron chi connectivity index (χ1n) is 7.63. The van der Waals surface area contributed by atoms with Crippen molar-refractivity contribution in [3.63, 3.8) is 0 Å². The highest BCUT2D eigenvalue weighted by molar-refractivity contribution is 7.89. The molecule has 1 saturated heterocycles. The van der Waals surface area contributed by atoms with Gasteiger partial charge in [-0.05, 0) is 43.2 Å². The minimum absolute atomic E-state index is 0.00121. The summed E-state index contributed by atoms with van der Waals surface area (Å²) in [5.74, 6) is -0.210. The Balaban J connectivity index is 1.85. The summed E-state index contributed by atoms with van der Waals surface area (Å²) in [6.07, 6.45) is 0.987. The van der Waals surface area contributed by atoms with Crippen LogP contribution >= 0.6 is 23.2 Å². The predicted molar refractivity (Wildman–Crippen MR) is 95.5 cm³/mol. The van der Waals surface area contributed by atoms with Crippen LogP contribution in [0.15, 0.2) is 53.4 Å². The van der Waals surface area contributed by atoms with Crippen molar-refractivity contribution in [3.8, 4) is 5.75 Å². The number of nitrogens with zero attached hydrogens (tertiary/aromatic N) is 1. The second kappa shape index (κ2) is 7.33. The Morgan fingerprint density at radius 1 is 1.08 bits per heavy atom. The highest BCUT2D eigenvalue weighted by atomic mass is 35.5. The van der Waals surface area contributed by atoms with Crippen LogP contribution in [0.5, 0.6) is 5.75 Å². The molecule has 0 amide bonds. The van der Waals surface area contributed by atoms with E-state index in [1.54, 1.807) is 30.3 Å². The van der Waals surface area contributed by atoms with Crippen molar-refractivity contribution in [2.45, 2.75) is 23.8 Å². The van der Waals surface area contributed by atoms with E-state index in [9.17, 15) is 13.2 Å². The largest absolute Gasteiger partial charge is 0.425 e. The van der Waals surface area contributed by atoms with Gasteiger partial charge in [0.05, 0.1) is 14.9 Å². The lowest BCUT2D eigenvalue weighted by Crippen LogP contribution is -2.42. The van der Waals surface area contributed by atoms with Crippen LogP contribution in [0.4, 0.5) is 0 Å². The maximum atomic E-state index is 12.9. The van der Waals surface area contributed by atoms with E-state index in [1.807, 2.05) is 0 Å². The van der Waals surface area contributed by atoms with Gasteiger partial charge in [-0.3, -0.25) is 0 Å².